The van der Waals surface area contributed by atoms with Crippen molar-refractivity contribution in [1.82, 2.24) is 19.7 Å². The molecule has 0 amide bonds. The number of rotatable bonds is 8. The molecule has 0 aliphatic carbocycles. The predicted octanol–water partition coefficient (Wildman–Crippen LogP) is 4.69. The Labute approximate surface area is 181 Å². The standard InChI is InChI=1S/C21H30ClN7O/c1-6-13(10-30)25-21-26-18-17(11(2)3)28-29(12(4)5)19(18)20(27-21)24-14-7-8-16(23)15(22)9-14/h7-9,11-13,30H,6,10,23H2,1-5H3,(H2,24,25,26,27). The van der Waals surface area contributed by atoms with Gasteiger partial charge in [-0.1, -0.05) is 32.4 Å². The van der Waals surface area contributed by atoms with Gasteiger partial charge in [0.1, 0.15) is 11.0 Å². The maximum absolute atomic E-state index is 9.60. The molecule has 0 fully saturated rings. The molecule has 30 heavy (non-hydrogen) atoms. The maximum Gasteiger partial charge on any atom is 0.225 e. The molecule has 162 valence electrons. The molecule has 0 aliphatic heterocycles. The quantitative estimate of drug-likeness (QED) is 0.382. The van der Waals surface area contributed by atoms with E-state index in [9.17, 15) is 5.11 Å². The summed E-state index contributed by atoms with van der Waals surface area (Å²) in [6, 6.07) is 5.35. The number of aliphatic hydroxyl groups excluding tert-OH is 1. The molecule has 1 atom stereocenters. The zero-order chi connectivity index (χ0) is 22.0. The number of anilines is 4. The lowest BCUT2D eigenvalue weighted by atomic mass is 10.1. The number of benzene rings is 1. The van der Waals surface area contributed by atoms with Gasteiger partial charge >= 0.3 is 0 Å². The van der Waals surface area contributed by atoms with Gasteiger partial charge in [-0.3, -0.25) is 4.68 Å². The van der Waals surface area contributed by atoms with E-state index < -0.39 is 0 Å². The van der Waals surface area contributed by atoms with Gasteiger partial charge in [0.25, 0.3) is 0 Å². The Morgan fingerprint density at radius 1 is 1.20 bits per heavy atom. The Bertz CT molecular complexity index is 1030. The van der Waals surface area contributed by atoms with Gasteiger partial charge in [0.15, 0.2) is 5.82 Å². The van der Waals surface area contributed by atoms with E-state index in [0.717, 1.165) is 28.8 Å². The van der Waals surface area contributed by atoms with Crippen LogP contribution in [0.3, 0.4) is 0 Å². The van der Waals surface area contributed by atoms with Gasteiger partial charge in [0.2, 0.25) is 5.95 Å². The SMILES string of the molecule is CCC(CO)Nc1nc(Nc2ccc(N)c(Cl)c2)c2c(n1)c(C(C)C)nn2C(C)C. The van der Waals surface area contributed by atoms with E-state index in [2.05, 4.69) is 38.3 Å². The number of aliphatic hydroxyl groups is 1. The van der Waals surface area contributed by atoms with Crippen LogP contribution >= 0.6 is 11.6 Å². The first kappa shape index (κ1) is 22.1. The van der Waals surface area contributed by atoms with Crippen LogP contribution in [0.5, 0.6) is 0 Å². The number of nitrogen functional groups attached to an aromatic ring is 1. The zero-order valence-corrected chi connectivity index (χ0v) is 18.8. The summed E-state index contributed by atoms with van der Waals surface area (Å²) >= 11 is 6.21. The van der Waals surface area contributed by atoms with E-state index in [0.29, 0.717) is 22.5 Å². The Kier molecular flexibility index (Phi) is 6.67. The van der Waals surface area contributed by atoms with Gasteiger partial charge in [-0.15, -0.1) is 0 Å². The number of nitrogens with two attached hydrogens (primary N) is 1. The average Bonchev–Trinajstić information content (AvgIpc) is 3.09. The van der Waals surface area contributed by atoms with Crippen LogP contribution in [0, 0.1) is 0 Å². The van der Waals surface area contributed by atoms with Crippen molar-refractivity contribution in [3.05, 3.63) is 28.9 Å². The van der Waals surface area contributed by atoms with Gasteiger partial charge in [0.05, 0.1) is 29.1 Å². The Morgan fingerprint density at radius 2 is 1.93 bits per heavy atom. The van der Waals surface area contributed by atoms with Crippen LogP contribution in [0.4, 0.5) is 23.1 Å². The van der Waals surface area contributed by atoms with E-state index in [1.807, 2.05) is 17.7 Å². The highest BCUT2D eigenvalue weighted by molar-refractivity contribution is 6.33. The second-order valence-electron chi connectivity index (χ2n) is 7.96. The minimum absolute atomic E-state index is 0.00345. The Hall–Kier alpha value is -2.58. The summed E-state index contributed by atoms with van der Waals surface area (Å²) in [5.74, 6) is 1.25. The summed E-state index contributed by atoms with van der Waals surface area (Å²) in [6.07, 6.45) is 0.747. The Balaban J connectivity index is 2.21. The molecule has 2 aromatic heterocycles. The van der Waals surface area contributed by atoms with Crippen molar-refractivity contribution in [2.24, 2.45) is 0 Å². The summed E-state index contributed by atoms with van der Waals surface area (Å²) in [4.78, 5) is 9.49. The van der Waals surface area contributed by atoms with Gasteiger partial charge in [-0.05, 0) is 44.4 Å². The molecule has 0 radical (unpaired) electrons. The smallest absolute Gasteiger partial charge is 0.225 e. The molecule has 1 unspecified atom stereocenters. The van der Waals surface area contributed by atoms with Crippen LogP contribution in [0.15, 0.2) is 18.2 Å². The van der Waals surface area contributed by atoms with Crippen LogP contribution in [0.2, 0.25) is 5.02 Å². The van der Waals surface area contributed by atoms with E-state index in [1.54, 1.807) is 12.1 Å². The largest absolute Gasteiger partial charge is 0.398 e. The van der Waals surface area contributed by atoms with E-state index in [1.165, 1.54) is 0 Å². The molecule has 0 aliphatic rings. The highest BCUT2D eigenvalue weighted by Gasteiger charge is 2.22. The van der Waals surface area contributed by atoms with Crippen molar-refractivity contribution in [3.8, 4) is 0 Å². The minimum atomic E-state index is -0.135. The zero-order valence-electron chi connectivity index (χ0n) is 18.1. The summed E-state index contributed by atoms with van der Waals surface area (Å²) in [6.45, 7) is 10.3. The van der Waals surface area contributed by atoms with Crippen LogP contribution in [0.25, 0.3) is 11.0 Å². The van der Waals surface area contributed by atoms with Crippen molar-refractivity contribution in [2.75, 3.05) is 23.0 Å². The lowest BCUT2D eigenvalue weighted by Gasteiger charge is -2.17. The lowest BCUT2D eigenvalue weighted by molar-refractivity contribution is 0.271. The fourth-order valence-electron chi connectivity index (χ4n) is 3.18. The number of halogens is 1. The monoisotopic (exact) mass is 431 g/mol. The fraction of sp³-hybridized carbons (Fsp3) is 0.476. The van der Waals surface area contributed by atoms with Crippen molar-refractivity contribution in [3.63, 3.8) is 0 Å². The van der Waals surface area contributed by atoms with Gasteiger partial charge < -0.3 is 21.5 Å². The highest BCUT2D eigenvalue weighted by atomic mass is 35.5. The third-order valence-electron chi connectivity index (χ3n) is 4.92. The highest BCUT2D eigenvalue weighted by Crippen LogP contribution is 2.33. The number of fused-ring (bicyclic) bond motifs is 1. The van der Waals surface area contributed by atoms with Crippen molar-refractivity contribution < 1.29 is 5.11 Å². The van der Waals surface area contributed by atoms with Crippen molar-refractivity contribution in [2.45, 2.75) is 59.0 Å². The lowest BCUT2D eigenvalue weighted by Crippen LogP contribution is -2.24. The van der Waals surface area contributed by atoms with Crippen molar-refractivity contribution in [1.29, 1.82) is 0 Å². The molecule has 0 spiro atoms. The molecule has 3 rings (SSSR count). The predicted molar refractivity (Wildman–Crippen MR) is 124 cm³/mol. The fourth-order valence-corrected chi connectivity index (χ4v) is 3.36. The molecular weight excluding hydrogens is 402 g/mol. The van der Waals surface area contributed by atoms with Crippen molar-refractivity contribution >= 4 is 45.8 Å². The first-order valence-electron chi connectivity index (χ1n) is 10.2. The van der Waals surface area contributed by atoms with E-state index in [-0.39, 0.29) is 24.6 Å². The first-order chi connectivity index (χ1) is 14.2. The summed E-state index contributed by atoms with van der Waals surface area (Å²) in [7, 11) is 0. The van der Waals surface area contributed by atoms with Crippen LogP contribution in [-0.4, -0.2) is 37.5 Å². The summed E-state index contributed by atoms with van der Waals surface area (Å²) < 4.78 is 1.94. The Morgan fingerprint density at radius 3 is 2.50 bits per heavy atom. The molecule has 0 saturated heterocycles. The topological polar surface area (TPSA) is 114 Å². The van der Waals surface area contributed by atoms with Gasteiger partial charge in [-0.25, -0.2) is 4.98 Å². The minimum Gasteiger partial charge on any atom is -0.398 e. The number of nitrogens with zero attached hydrogens (tertiary/aromatic N) is 4. The second-order valence-corrected chi connectivity index (χ2v) is 8.37. The van der Waals surface area contributed by atoms with E-state index in [4.69, 9.17) is 32.4 Å². The number of hydrogen-bond acceptors (Lipinski definition) is 7. The van der Waals surface area contributed by atoms with Gasteiger partial charge in [-0.2, -0.15) is 10.1 Å². The molecule has 8 nitrogen and oxygen atoms in total. The molecule has 3 aromatic rings. The van der Waals surface area contributed by atoms with Crippen LogP contribution in [0.1, 0.15) is 58.7 Å². The third-order valence-corrected chi connectivity index (χ3v) is 5.24. The second kappa shape index (κ2) is 9.06. The summed E-state index contributed by atoms with van der Waals surface area (Å²) in [5.41, 5.74) is 9.64. The number of nitrogens with one attached hydrogen (secondary N) is 2. The van der Waals surface area contributed by atoms with E-state index >= 15 is 0 Å². The molecule has 1 aromatic carbocycles. The number of hydrogen-bond donors (Lipinski definition) is 4. The molecule has 2 heterocycles. The molecule has 5 N–H and O–H groups in total. The third kappa shape index (κ3) is 4.44. The van der Waals surface area contributed by atoms with Crippen LogP contribution < -0.4 is 16.4 Å². The van der Waals surface area contributed by atoms with Gasteiger partial charge in [0, 0.05) is 11.7 Å². The molecule has 0 bridgehead atoms. The maximum atomic E-state index is 9.60. The first-order valence-corrected chi connectivity index (χ1v) is 10.6. The average molecular weight is 432 g/mol. The molecule has 9 heteroatoms. The molecular formula is C21H30ClN7O. The summed E-state index contributed by atoms with van der Waals surface area (Å²) in [5, 5.41) is 21.5. The number of aromatic nitrogens is 4. The normalized spacial score (nSPS) is 12.7. The van der Waals surface area contributed by atoms with Crippen LogP contribution in [-0.2, 0) is 0 Å². The molecule has 0 saturated carbocycles.